The number of hydrogen-bond acceptors (Lipinski definition) is 1. The molecule has 0 heterocycles. The molecule has 0 saturated heterocycles. The summed E-state index contributed by atoms with van der Waals surface area (Å²) >= 11 is 10.9. The Morgan fingerprint density at radius 2 is 2.00 bits per heavy atom. The van der Waals surface area contributed by atoms with E-state index in [4.69, 9.17) is 22.5 Å². The summed E-state index contributed by atoms with van der Waals surface area (Å²) in [6.45, 7) is 0. The largest absolute Gasteiger partial charge is 0.438 e. The van der Waals surface area contributed by atoms with Crippen molar-refractivity contribution >= 4 is 28.9 Å². The molecular weight excluding hydrogens is 164 g/mol. The molecule has 0 N–H and O–H groups in total. The van der Waals surface area contributed by atoms with Gasteiger partial charge in [0.15, 0.2) is 0 Å². The van der Waals surface area contributed by atoms with E-state index in [-0.39, 0.29) is 0 Å². The SMILES string of the molecule is Cl[P+](Cl)=NC1CCC1. The normalized spacial score (nSPS) is 19.8. The Labute approximate surface area is 59.4 Å². The van der Waals surface area contributed by atoms with Crippen molar-refractivity contribution in [2.24, 2.45) is 4.74 Å². The molecule has 1 nitrogen and oxygen atoms in total. The van der Waals surface area contributed by atoms with Gasteiger partial charge in [0.25, 0.3) is 0 Å². The first-order valence-electron chi connectivity index (χ1n) is 2.61. The quantitative estimate of drug-likeness (QED) is 0.535. The zero-order chi connectivity index (χ0) is 5.98. The summed E-state index contributed by atoms with van der Waals surface area (Å²) in [6.07, 6.45) is 2.66. The second kappa shape index (κ2) is 3.00. The van der Waals surface area contributed by atoms with Crippen molar-refractivity contribution in [3.05, 3.63) is 0 Å². The molecule has 0 aliphatic heterocycles. The van der Waals surface area contributed by atoms with Crippen LogP contribution < -0.4 is 0 Å². The average Bonchev–Trinajstić information content (AvgIpc) is 1.55. The molecule has 1 fully saturated rings. The maximum Gasteiger partial charge on any atom is 0.438 e. The summed E-state index contributed by atoms with van der Waals surface area (Å²) in [5, 5.41) is 0. The van der Waals surface area contributed by atoms with Crippen molar-refractivity contribution in [3.8, 4) is 0 Å². The molecule has 1 saturated carbocycles. The van der Waals surface area contributed by atoms with Crippen molar-refractivity contribution in [1.29, 1.82) is 0 Å². The van der Waals surface area contributed by atoms with E-state index in [1.165, 1.54) is 19.3 Å². The Kier molecular flexibility index (Phi) is 2.55. The van der Waals surface area contributed by atoms with Crippen LogP contribution in [0.25, 0.3) is 0 Å². The Balaban J connectivity index is 2.27. The minimum atomic E-state index is -1.03. The molecule has 0 unspecified atom stereocenters. The third-order valence-corrected chi connectivity index (χ3v) is 2.35. The zero-order valence-corrected chi connectivity index (χ0v) is 6.76. The monoisotopic (exact) mass is 170 g/mol. The van der Waals surface area contributed by atoms with Crippen LogP contribution in [0.5, 0.6) is 0 Å². The van der Waals surface area contributed by atoms with Crippen LogP contribution in [0.4, 0.5) is 0 Å². The lowest BCUT2D eigenvalue weighted by Gasteiger charge is -2.15. The molecule has 46 valence electrons. The van der Waals surface area contributed by atoms with Gasteiger partial charge in [0, 0.05) is 0 Å². The predicted octanol–water partition coefficient (Wildman–Crippen LogP) is 3.51. The van der Waals surface area contributed by atoms with Gasteiger partial charge in [0.1, 0.15) is 0 Å². The second-order valence-corrected chi connectivity index (χ2v) is 5.02. The molecule has 0 aromatic rings. The maximum atomic E-state index is 5.45. The molecule has 0 aromatic heterocycles. The van der Waals surface area contributed by atoms with E-state index in [1.807, 2.05) is 0 Å². The maximum absolute atomic E-state index is 5.45. The lowest BCUT2D eigenvalue weighted by Crippen LogP contribution is -2.12. The highest BCUT2D eigenvalue weighted by molar-refractivity contribution is 7.96. The van der Waals surface area contributed by atoms with Crippen molar-refractivity contribution < 1.29 is 0 Å². The van der Waals surface area contributed by atoms with Crippen molar-refractivity contribution in [3.63, 3.8) is 0 Å². The van der Waals surface area contributed by atoms with E-state index < -0.39 is 6.42 Å². The van der Waals surface area contributed by atoms with E-state index in [9.17, 15) is 0 Å². The highest BCUT2D eigenvalue weighted by Gasteiger charge is 2.21. The first-order chi connectivity index (χ1) is 3.79. The first kappa shape index (κ1) is 6.80. The molecule has 0 spiro atoms. The second-order valence-electron chi connectivity index (χ2n) is 1.92. The van der Waals surface area contributed by atoms with Gasteiger partial charge in [-0.25, -0.2) is 0 Å². The zero-order valence-electron chi connectivity index (χ0n) is 4.35. The number of hydrogen-bond donors (Lipinski definition) is 0. The molecule has 1 aliphatic carbocycles. The summed E-state index contributed by atoms with van der Waals surface area (Å²) in [6, 6.07) is 0.496. The van der Waals surface area contributed by atoms with Crippen molar-refractivity contribution in [2.45, 2.75) is 25.3 Å². The molecule has 0 atom stereocenters. The molecule has 0 radical (unpaired) electrons. The Bertz CT molecular complexity index is 107. The molecule has 1 rings (SSSR count). The van der Waals surface area contributed by atoms with Crippen LogP contribution in [0.15, 0.2) is 4.74 Å². The van der Waals surface area contributed by atoms with Gasteiger partial charge in [-0.15, -0.1) is 0 Å². The molecule has 0 aromatic carbocycles. The van der Waals surface area contributed by atoms with Crippen LogP contribution in [0, 0.1) is 0 Å². The van der Waals surface area contributed by atoms with Crippen LogP contribution in [-0.2, 0) is 0 Å². The minimum Gasteiger partial charge on any atom is -0.0716 e. The van der Waals surface area contributed by atoms with Crippen LogP contribution >= 0.6 is 28.9 Å². The third-order valence-electron chi connectivity index (χ3n) is 1.33. The minimum absolute atomic E-state index is 0.496. The average molecular weight is 171 g/mol. The van der Waals surface area contributed by atoms with Gasteiger partial charge in [-0.05, 0) is 19.3 Å². The highest BCUT2D eigenvalue weighted by atomic mass is 35.9. The molecule has 0 amide bonds. The number of rotatable bonds is 1. The number of nitrogens with zero attached hydrogens (tertiary/aromatic N) is 1. The van der Waals surface area contributed by atoms with Gasteiger partial charge in [-0.2, -0.15) is 0 Å². The molecule has 0 bridgehead atoms. The summed E-state index contributed by atoms with van der Waals surface area (Å²) in [5.41, 5.74) is 0. The van der Waals surface area contributed by atoms with Gasteiger partial charge < -0.3 is 0 Å². The summed E-state index contributed by atoms with van der Waals surface area (Å²) in [4.78, 5) is 0. The van der Waals surface area contributed by atoms with Crippen LogP contribution in [0.3, 0.4) is 0 Å². The fourth-order valence-corrected chi connectivity index (χ4v) is 1.84. The van der Waals surface area contributed by atoms with Crippen molar-refractivity contribution in [1.82, 2.24) is 0 Å². The van der Waals surface area contributed by atoms with Crippen LogP contribution in [0.1, 0.15) is 19.3 Å². The van der Waals surface area contributed by atoms with Crippen LogP contribution in [0.2, 0.25) is 0 Å². The van der Waals surface area contributed by atoms with E-state index >= 15 is 0 Å². The summed E-state index contributed by atoms with van der Waals surface area (Å²) in [5.74, 6) is 0. The van der Waals surface area contributed by atoms with Crippen molar-refractivity contribution in [2.75, 3.05) is 0 Å². The summed E-state index contributed by atoms with van der Waals surface area (Å²) < 4.78 is 4.08. The lowest BCUT2D eigenvalue weighted by molar-refractivity contribution is 0.424. The van der Waals surface area contributed by atoms with E-state index in [1.54, 1.807) is 0 Å². The van der Waals surface area contributed by atoms with E-state index in [0.29, 0.717) is 6.04 Å². The Morgan fingerprint density at radius 1 is 1.38 bits per heavy atom. The van der Waals surface area contributed by atoms with Gasteiger partial charge in [0.05, 0.1) is 6.04 Å². The Morgan fingerprint density at radius 3 is 2.12 bits per heavy atom. The van der Waals surface area contributed by atoms with E-state index in [0.717, 1.165) is 0 Å². The van der Waals surface area contributed by atoms with Gasteiger partial charge in [-0.1, -0.05) is 4.74 Å². The highest BCUT2D eigenvalue weighted by Crippen LogP contribution is 2.41. The first-order valence-corrected chi connectivity index (χ1v) is 5.72. The van der Waals surface area contributed by atoms with Gasteiger partial charge >= 0.3 is 6.42 Å². The lowest BCUT2D eigenvalue weighted by atomic mass is 9.95. The van der Waals surface area contributed by atoms with Gasteiger partial charge in [-0.3, -0.25) is 0 Å². The standard InChI is InChI=1S/C4H7Cl2NP/c5-8(6)7-4-2-1-3-4/h4H,1-3H2/q+1. The molecule has 1 aliphatic rings. The Hall–Kier alpha value is 0.680. The number of halogens is 2. The fourth-order valence-electron chi connectivity index (χ4n) is 0.626. The van der Waals surface area contributed by atoms with Gasteiger partial charge in [0.2, 0.25) is 22.5 Å². The smallest absolute Gasteiger partial charge is 0.0716 e. The fraction of sp³-hybridized carbons (Fsp3) is 1.00. The van der Waals surface area contributed by atoms with E-state index in [2.05, 4.69) is 4.74 Å². The topological polar surface area (TPSA) is 12.4 Å². The molecular formula is C4H7Cl2NP+. The molecule has 4 heteroatoms. The summed E-state index contributed by atoms with van der Waals surface area (Å²) in [7, 11) is 0. The predicted molar refractivity (Wildman–Crippen MR) is 38.7 cm³/mol. The molecule has 8 heavy (non-hydrogen) atoms. The van der Waals surface area contributed by atoms with Crippen LogP contribution in [-0.4, -0.2) is 6.04 Å². The third kappa shape index (κ3) is 1.89.